The highest BCUT2D eigenvalue weighted by molar-refractivity contribution is 14.1. The van der Waals surface area contributed by atoms with E-state index in [1.54, 1.807) is 0 Å². The standard InChI is InChI=1S/C11H16IN5/c1-13-10-8(12)6-14-11(15-10)9-7-16-2-4-17(9)5-3-16/h6,9H,2-5,7H2,1H3,(H,13,14,15). The molecule has 1 aromatic rings. The summed E-state index contributed by atoms with van der Waals surface area (Å²) in [6.07, 6.45) is 1.91. The van der Waals surface area contributed by atoms with E-state index in [1.807, 2.05) is 13.2 Å². The maximum Gasteiger partial charge on any atom is 0.149 e. The fraction of sp³-hybridized carbons (Fsp3) is 0.636. The zero-order valence-electron chi connectivity index (χ0n) is 9.86. The van der Waals surface area contributed by atoms with Gasteiger partial charge in [0.05, 0.1) is 9.61 Å². The van der Waals surface area contributed by atoms with Gasteiger partial charge in [-0.25, -0.2) is 9.97 Å². The first-order chi connectivity index (χ1) is 8.28. The van der Waals surface area contributed by atoms with E-state index in [2.05, 4.69) is 47.7 Å². The molecule has 1 atom stereocenters. The molecule has 1 aromatic heterocycles. The van der Waals surface area contributed by atoms with Crippen molar-refractivity contribution >= 4 is 28.4 Å². The quantitative estimate of drug-likeness (QED) is 0.804. The van der Waals surface area contributed by atoms with Crippen molar-refractivity contribution in [2.75, 3.05) is 45.1 Å². The summed E-state index contributed by atoms with van der Waals surface area (Å²) in [6, 6.07) is 0.376. The minimum absolute atomic E-state index is 0.376. The smallest absolute Gasteiger partial charge is 0.149 e. The molecule has 0 radical (unpaired) electrons. The second-order valence-corrected chi connectivity index (χ2v) is 5.69. The number of nitrogens with zero attached hydrogens (tertiary/aromatic N) is 4. The maximum absolute atomic E-state index is 4.64. The molecule has 0 spiro atoms. The number of anilines is 1. The topological polar surface area (TPSA) is 44.3 Å². The van der Waals surface area contributed by atoms with Crippen molar-refractivity contribution in [2.24, 2.45) is 0 Å². The van der Waals surface area contributed by atoms with Crippen LogP contribution in [0, 0.1) is 3.57 Å². The van der Waals surface area contributed by atoms with Crippen molar-refractivity contribution in [3.63, 3.8) is 0 Å². The number of rotatable bonds is 2. The number of aromatic nitrogens is 2. The summed E-state index contributed by atoms with van der Waals surface area (Å²) in [5.74, 6) is 1.90. The Kier molecular flexibility index (Phi) is 3.18. The number of nitrogens with one attached hydrogen (secondary N) is 1. The van der Waals surface area contributed by atoms with Crippen LogP contribution < -0.4 is 5.32 Å². The Balaban J connectivity index is 1.89. The minimum atomic E-state index is 0.376. The zero-order valence-corrected chi connectivity index (χ0v) is 12.0. The summed E-state index contributed by atoms with van der Waals surface area (Å²) in [7, 11) is 1.91. The highest BCUT2D eigenvalue weighted by Crippen LogP contribution is 2.27. The lowest BCUT2D eigenvalue weighted by atomic mass is 10.1. The van der Waals surface area contributed by atoms with E-state index < -0.39 is 0 Å². The van der Waals surface area contributed by atoms with Crippen LogP contribution in [0.3, 0.4) is 0 Å². The Bertz CT molecular complexity index is 416. The summed E-state index contributed by atoms with van der Waals surface area (Å²) in [5, 5.41) is 3.13. The average molecular weight is 345 g/mol. The Morgan fingerprint density at radius 3 is 2.71 bits per heavy atom. The van der Waals surface area contributed by atoms with Crippen LogP contribution in [0.2, 0.25) is 0 Å². The molecule has 4 rings (SSSR count). The van der Waals surface area contributed by atoms with Crippen molar-refractivity contribution in [2.45, 2.75) is 6.04 Å². The summed E-state index contributed by atoms with van der Waals surface area (Å²) in [6.45, 7) is 5.76. The molecule has 0 aliphatic carbocycles. The average Bonchev–Trinajstić information content (AvgIpc) is 2.40. The third kappa shape index (κ3) is 2.13. The van der Waals surface area contributed by atoms with Crippen LogP contribution in [0.1, 0.15) is 11.9 Å². The zero-order chi connectivity index (χ0) is 11.8. The number of hydrogen-bond donors (Lipinski definition) is 1. The van der Waals surface area contributed by atoms with Crippen LogP contribution in [-0.2, 0) is 0 Å². The Morgan fingerprint density at radius 2 is 2.12 bits per heavy atom. The molecule has 1 N–H and O–H groups in total. The van der Waals surface area contributed by atoms with Gasteiger partial charge in [0.15, 0.2) is 0 Å². The first kappa shape index (κ1) is 11.6. The monoisotopic (exact) mass is 345 g/mol. The van der Waals surface area contributed by atoms with E-state index in [4.69, 9.17) is 0 Å². The number of hydrogen-bond acceptors (Lipinski definition) is 5. The van der Waals surface area contributed by atoms with Crippen LogP contribution in [0.25, 0.3) is 0 Å². The summed E-state index contributed by atoms with van der Waals surface area (Å²) in [5.41, 5.74) is 0. The molecule has 4 heterocycles. The van der Waals surface area contributed by atoms with Crippen LogP contribution in [0.15, 0.2) is 6.20 Å². The number of fused-ring (bicyclic) bond motifs is 3. The van der Waals surface area contributed by atoms with E-state index in [0.29, 0.717) is 6.04 Å². The molecular formula is C11H16IN5. The minimum Gasteiger partial charge on any atom is -0.372 e. The van der Waals surface area contributed by atoms with Gasteiger partial charge in [-0.15, -0.1) is 0 Å². The van der Waals surface area contributed by atoms with Gasteiger partial charge in [0.1, 0.15) is 11.6 Å². The lowest BCUT2D eigenvalue weighted by Gasteiger charge is -2.46. The molecule has 3 fully saturated rings. The molecule has 17 heavy (non-hydrogen) atoms. The molecular weight excluding hydrogens is 329 g/mol. The van der Waals surface area contributed by atoms with Gasteiger partial charge in [-0.05, 0) is 22.6 Å². The maximum atomic E-state index is 4.64. The third-order valence-electron chi connectivity index (χ3n) is 3.58. The van der Waals surface area contributed by atoms with Gasteiger partial charge in [-0.3, -0.25) is 9.80 Å². The normalized spacial score (nSPS) is 31.5. The highest BCUT2D eigenvalue weighted by Gasteiger charge is 2.34. The number of piperazine rings is 3. The largest absolute Gasteiger partial charge is 0.372 e. The van der Waals surface area contributed by atoms with Crippen LogP contribution in [0.5, 0.6) is 0 Å². The molecule has 5 nitrogen and oxygen atoms in total. The van der Waals surface area contributed by atoms with Gasteiger partial charge < -0.3 is 5.32 Å². The fourth-order valence-corrected chi connectivity index (χ4v) is 3.11. The first-order valence-electron chi connectivity index (χ1n) is 5.94. The fourth-order valence-electron chi connectivity index (χ4n) is 2.58. The van der Waals surface area contributed by atoms with Gasteiger partial charge in [0, 0.05) is 46.0 Å². The van der Waals surface area contributed by atoms with Crippen molar-refractivity contribution in [3.05, 3.63) is 15.6 Å². The molecule has 3 saturated heterocycles. The molecule has 3 aliphatic heterocycles. The Morgan fingerprint density at radius 1 is 1.35 bits per heavy atom. The SMILES string of the molecule is CNc1nc(C2CN3CCN2CC3)ncc1I. The van der Waals surface area contributed by atoms with E-state index in [0.717, 1.165) is 34.8 Å². The molecule has 6 heteroatoms. The van der Waals surface area contributed by atoms with Crippen LogP contribution in [-0.4, -0.2) is 59.5 Å². The van der Waals surface area contributed by atoms with Crippen molar-refractivity contribution < 1.29 is 0 Å². The van der Waals surface area contributed by atoms with E-state index in [-0.39, 0.29) is 0 Å². The van der Waals surface area contributed by atoms with Gasteiger partial charge in [-0.2, -0.15) is 0 Å². The van der Waals surface area contributed by atoms with E-state index in [1.165, 1.54) is 13.1 Å². The molecule has 0 saturated carbocycles. The van der Waals surface area contributed by atoms with Crippen molar-refractivity contribution in [1.29, 1.82) is 0 Å². The van der Waals surface area contributed by atoms with Crippen LogP contribution >= 0.6 is 22.6 Å². The lowest BCUT2D eigenvalue weighted by Crippen LogP contribution is -2.57. The highest BCUT2D eigenvalue weighted by atomic mass is 127. The van der Waals surface area contributed by atoms with Crippen LogP contribution in [0.4, 0.5) is 5.82 Å². The first-order valence-corrected chi connectivity index (χ1v) is 7.02. The summed E-state index contributed by atoms with van der Waals surface area (Å²) < 4.78 is 1.07. The second-order valence-electron chi connectivity index (χ2n) is 4.53. The molecule has 0 amide bonds. The molecule has 1 unspecified atom stereocenters. The lowest BCUT2D eigenvalue weighted by molar-refractivity contribution is 0.00869. The van der Waals surface area contributed by atoms with Crippen molar-refractivity contribution in [1.82, 2.24) is 19.8 Å². The summed E-state index contributed by atoms with van der Waals surface area (Å²) in [4.78, 5) is 14.1. The predicted molar refractivity (Wildman–Crippen MR) is 75.0 cm³/mol. The molecule has 3 aliphatic rings. The Hall–Kier alpha value is -0.470. The second kappa shape index (κ2) is 4.66. The van der Waals surface area contributed by atoms with E-state index in [9.17, 15) is 0 Å². The van der Waals surface area contributed by atoms with Gasteiger partial charge >= 0.3 is 0 Å². The van der Waals surface area contributed by atoms with Gasteiger partial charge in [-0.1, -0.05) is 0 Å². The van der Waals surface area contributed by atoms with E-state index >= 15 is 0 Å². The van der Waals surface area contributed by atoms with Crippen molar-refractivity contribution in [3.8, 4) is 0 Å². The van der Waals surface area contributed by atoms with Gasteiger partial charge in [0.25, 0.3) is 0 Å². The molecule has 92 valence electrons. The Labute approximate surface area is 115 Å². The molecule has 2 bridgehead atoms. The molecule has 0 aromatic carbocycles. The predicted octanol–water partition coefficient (Wildman–Crippen LogP) is 0.795. The number of halogens is 1. The van der Waals surface area contributed by atoms with Gasteiger partial charge in [0.2, 0.25) is 0 Å². The summed E-state index contributed by atoms with van der Waals surface area (Å²) >= 11 is 2.26. The third-order valence-corrected chi connectivity index (χ3v) is 4.37.